The highest BCUT2D eigenvalue weighted by Gasteiger charge is 2.24. The summed E-state index contributed by atoms with van der Waals surface area (Å²) in [6.07, 6.45) is 3.72. The molecule has 2 aromatic carbocycles. The van der Waals surface area contributed by atoms with Crippen LogP contribution in [-0.4, -0.2) is 43.7 Å². The lowest BCUT2D eigenvalue weighted by molar-refractivity contribution is 0.120. The first-order valence-corrected chi connectivity index (χ1v) is 13.2. The Morgan fingerprint density at radius 1 is 1.03 bits per heavy atom. The second-order valence-electron chi connectivity index (χ2n) is 8.89. The van der Waals surface area contributed by atoms with Crippen molar-refractivity contribution in [3.8, 4) is 22.5 Å². The Morgan fingerprint density at radius 3 is 2.49 bits per heavy atom. The topological polar surface area (TPSA) is 106 Å². The molecule has 0 spiro atoms. The van der Waals surface area contributed by atoms with Gasteiger partial charge in [-0.2, -0.15) is 0 Å². The summed E-state index contributed by atoms with van der Waals surface area (Å²) in [6, 6.07) is 16.4. The molecule has 1 aliphatic rings. The van der Waals surface area contributed by atoms with Gasteiger partial charge in [-0.25, -0.2) is 23.1 Å². The summed E-state index contributed by atoms with van der Waals surface area (Å²) in [5.41, 5.74) is 3.01. The fourth-order valence-electron chi connectivity index (χ4n) is 4.33. The van der Waals surface area contributed by atoms with Crippen LogP contribution in [0.4, 0.5) is 5.82 Å². The number of aromatic nitrogens is 2. The average Bonchev–Trinajstić information content (AvgIpc) is 3.51. The lowest BCUT2D eigenvalue weighted by Crippen LogP contribution is -2.30. The van der Waals surface area contributed by atoms with Gasteiger partial charge >= 0.3 is 0 Å². The van der Waals surface area contributed by atoms with Gasteiger partial charge in [0, 0.05) is 30.3 Å². The van der Waals surface area contributed by atoms with Crippen molar-refractivity contribution < 1.29 is 17.6 Å². The van der Waals surface area contributed by atoms with Gasteiger partial charge in [0.15, 0.2) is 0 Å². The molecule has 4 aromatic rings. The Hall–Kier alpha value is -3.27. The minimum Gasteiger partial charge on any atom is -0.437 e. The lowest BCUT2D eigenvalue weighted by Gasteiger charge is -2.12. The first-order chi connectivity index (χ1) is 16.9. The maximum atomic E-state index is 12.6. The zero-order chi connectivity index (χ0) is 24.4. The Labute approximate surface area is 204 Å². The zero-order valence-corrected chi connectivity index (χ0v) is 20.5. The monoisotopic (exact) mass is 492 g/mol. The van der Waals surface area contributed by atoms with Crippen molar-refractivity contribution in [2.45, 2.75) is 43.7 Å². The molecule has 0 bridgehead atoms. The van der Waals surface area contributed by atoms with E-state index in [0.717, 1.165) is 41.5 Å². The molecule has 5 rings (SSSR count). The number of benzene rings is 2. The molecule has 0 radical (unpaired) electrons. The van der Waals surface area contributed by atoms with E-state index in [1.807, 2.05) is 30.3 Å². The van der Waals surface area contributed by atoms with Gasteiger partial charge in [-0.05, 0) is 56.5 Å². The van der Waals surface area contributed by atoms with Crippen molar-refractivity contribution in [1.29, 1.82) is 0 Å². The molecule has 1 unspecified atom stereocenters. The maximum Gasteiger partial charge on any atom is 0.240 e. The van der Waals surface area contributed by atoms with Crippen LogP contribution in [0.3, 0.4) is 0 Å². The normalized spacial score (nSPS) is 16.3. The van der Waals surface area contributed by atoms with E-state index in [1.165, 1.54) is 6.33 Å². The van der Waals surface area contributed by atoms with E-state index in [9.17, 15) is 8.42 Å². The van der Waals surface area contributed by atoms with Crippen LogP contribution in [0.2, 0.25) is 0 Å². The SMILES string of the molecule is CC(C)NS(=O)(=O)c1ccc(-c2oc3ncnc(NCC4CCCO4)c3c2-c2ccccc2)cc1. The number of hydrogen-bond acceptors (Lipinski definition) is 7. The van der Waals surface area contributed by atoms with Crippen molar-refractivity contribution in [1.82, 2.24) is 14.7 Å². The van der Waals surface area contributed by atoms with Crippen LogP contribution in [-0.2, 0) is 14.8 Å². The van der Waals surface area contributed by atoms with Gasteiger partial charge in [0.2, 0.25) is 15.7 Å². The summed E-state index contributed by atoms with van der Waals surface area (Å²) in [5.74, 6) is 1.28. The Morgan fingerprint density at radius 2 is 1.80 bits per heavy atom. The molecule has 35 heavy (non-hydrogen) atoms. The van der Waals surface area contributed by atoms with Crippen LogP contribution in [0.15, 0.2) is 70.2 Å². The molecule has 1 atom stereocenters. The van der Waals surface area contributed by atoms with E-state index in [4.69, 9.17) is 9.15 Å². The fourth-order valence-corrected chi connectivity index (χ4v) is 5.58. The highest BCUT2D eigenvalue weighted by Crippen LogP contribution is 2.42. The minimum atomic E-state index is -3.59. The van der Waals surface area contributed by atoms with Crippen molar-refractivity contribution >= 4 is 26.9 Å². The maximum absolute atomic E-state index is 12.6. The number of rotatable bonds is 8. The van der Waals surface area contributed by atoms with Crippen molar-refractivity contribution in [3.05, 3.63) is 60.9 Å². The largest absolute Gasteiger partial charge is 0.437 e. The number of sulfonamides is 1. The third kappa shape index (κ3) is 4.93. The van der Waals surface area contributed by atoms with Crippen LogP contribution in [0.5, 0.6) is 0 Å². The van der Waals surface area contributed by atoms with Gasteiger partial charge in [0.25, 0.3) is 0 Å². The van der Waals surface area contributed by atoms with Gasteiger partial charge in [-0.1, -0.05) is 30.3 Å². The number of nitrogens with zero attached hydrogens (tertiary/aromatic N) is 2. The van der Waals surface area contributed by atoms with E-state index in [-0.39, 0.29) is 17.0 Å². The molecule has 2 aromatic heterocycles. The molecule has 0 amide bonds. The Balaban J connectivity index is 1.59. The standard InChI is InChI=1S/C26H28N4O4S/c1-17(2)30-35(31,32)21-12-10-19(11-13-21)24-22(18-7-4-3-5-8-18)23-25(28-16-29-26(23)34-24)27-15-20-9-6-14-33-20/h3-5,7-8,10-13,16-17,20,30H,6,9,14-15H2,1-2H3,(H,27,28,29). The molecular weight excluding hydrogens is 464 g/mol. The predicted octanol–water partition coefficient (Wildman–Crippen LogP) is 4.83. The first-order valence-electron chi connectivity index (χ1n) is 11.7. The summed E-state index contributed by atoms with van der Waals surface area (Å²) >= 11 is 0. The van der Waals surface area contributed by atoms with Gasteiger partial charge in [0.05, 0.1) is 16.4 Å². The minimum absolute atomic E-state index is 0.153. The lowest BCUT2D eigenvalue weighted by atomic mass is 9.99. The number of ether oxygens (including phenoxy) is 1. The summed E-state index contributed by atoms with van der Waals surface area (Å²) < 4.78 is 39.8. The van der Waals surface area contributed by atoms with Crippen LogP contribution in [0.1, 0.15) is 26.7 Å². The fraction of sp³-hybridized carbons (Fsp3) is 0.308. The average molecular weight is 493 g/mol. The Kier molecular flexibility index (Phi) is 6.55. The molecule has 3 heterocycles. The molecule has 9 heteroatoms. The number of anilines is 1. The number of fused-ring (bicyclic) bond motifs is 1. The number of furan rings is 1. The summed E-state index contributed by atoms with van der Waals surface area (Å²) in [5, 5.41) is 4.21. The molecule has 0 aliphatic carbocycles. The molecule has 0 saturated carbocycles. The predicted molar refractivity (Wildman–Crippen MR) is 136 cm³/mol. The summed E-state index contributed by atoms with van der Waals surface area (Å²) in [7, 11) is -3.59. The van der Waals surface area contributed by atoms with Crippen molar-refractivity contribution in [2.75, 3.05) is 18.5 Å². The van der Waals surface area contributed by atoms with E-state index < -0.39 is 10.0 Å². The van der Waals surface area contributed by atoms with Gasteiger partial charge in [0.1, 0.15) is 17.9 Å². The summed E-state index contributed by atoms with van der Waals surface area (Å²) in [6.45, 7) is 5.02. The molecule has 1 fully saturated rings. The highest BCUT2D eigenvalue weighted by atomic mass is 32.2. The van der Waals surface area contributed by atoms with E-state index in [1.54, 1.807) is 38.1 Å². The van der Waals surface area contributed by atoms with Gasteiger partial charge in [-0.15, -0.1) is 0 Å². The van der Waals surface area contributed by atoms with Crippen LogP contribution < -0.4 is 10.0 Å². The number of nitrogens with one attached hydrogen (secondary N) is 2. The Bertz CT molecular complexity index is 1410. The molecule has 1 aliphatic heterocycles. The first kappa shape index (κ1) is 23.5. The van der Waals surface area contributed by atoms with Crippen LogP contribution in [0, 0.1) is 0 Å². The molecule has 8 nitrogen and oxygen atoms in total. The summed E-state index contributed by atoms with van der Waals surface area (Å²) in [4.78, 5) is 9.10. The van der Waals surface area contributed by atoms with Crippen molar-refractivity contribution in [2.24, 2.45) is 0 Å². The van der Waals surface area contributed by atoms with Gasteiger partial charge < -0.3 is 14.5 Å². The number of hydrogen-bond donors (Lipinski definition) is 2. The van der Waals surface area contributed by atoms with Gasteiger partial charge in [-0.3, -0.25) is 0 Å². The smallest absolute Gasteiger partial charge is 0.240 e. The second kappa shape index (κ2) is 9.77. The third-order valence-corrected chi connectivity index (χ3v) is 7.56. The molecule has 2 N–H and O–H groups in total. The molecule has 1 saturated heterocycles. The third-order valence-electron chi connectivity index (χ3n) is 5.89. The van der Waals surface area contributed by atoms with Crippen molar-refractivity contribution in [3.63, 3.8) is 0 Å². The molecular formula is C26H28N4O4S. The quantitative estimate of drug-likeness (QED) is 0.363. The van der Waals surface area contributed by atoms with E-state index in [0.29, 0.717) is 23.8 Å². The molecule has 182 valence electrons. The second-order valence-corrected chi connectivity index (χ2v) is 10.6. The van der Waals surface area contributed by atoms with Crippen LogP contribution >= 0.6 is 0 Å². The van der Waals surface area contributed by atoms with Crippen LogP contribution in [0.25, 0.3) is 33.6 Å². The van der Waals surface area contributed by atoms with E-state index in [2.05, 4.69) is 20.0 Å². The highest BCUT2D eigenvalue weighted by molar-refractivity contribution is 7.89. The zero-order valence-electron chi connectivity index (χ0n) is 19.7. The van der Waals surface area contributed by atoms with E-state index >= 15 is 0 Å².